The Balaban J connectivity index is 2.12. The second kappa shape index (κ2) is 6.79. The monoisotopic (exact) mass is 320 g/mol. The number of hydrogen-bond donors (Lipinski definition) is 2. The number of nitrogens with two attached hydrogens (primary N) is 1. The average Bonchev–Trinajstić information content (AvgIpc) is 2.58. The van der Waals surface area contributed by atoms with Gasteiger partial charge in [-0.05, 0) is 44.4 Å². The Morgan fingerprint density at radius 2 is 1.78 bits per heavy atom. The van der Waals surface area contributed by atoms with Crippen molar-refractivity contribution < 1.29 is 14.3 Å². The largest absolute Gasteiger partial charge is 0.486 e. The number of carbonyl (C=O) groups excluding carboxylic acids is 1. The number of benzene rings is 1. The Bertz CT molecular complexity index is 565. The van der Waals surface area contributed by atoms with Crippen LogP contribution in [0.2, 0.25) is 0 Å². The first-order valence-electron chi connectivity index (χ1n) is 8.29. The lowest BCUT2D eigenvalue weighted by Crippen LogP contribution is -2.52. The van der Waals surface area contributed by atoms with E-state index in [4.69, 9.17) is 15.2 Å². The molecule has 128 valence electrons. The molecule has 1 aromatic rings. The Labute approximate surface area is 138 Å². The molecule has 0 radical (unpaired) electrons. The molecule has 1 amide bonds. The molecule has 5 nitrogen and oxygen atoms in total. The Hall–Kier alpha value is -1.75. The third-order valence-electron chi connectivity index (χ3n) is 4.84. The molecule has 0 bridgehead atoms. The van der Waals surface area contributed by atoms with Crippen LogP contribution >= 0.6 is 0 Å². The normalized spacial score (nSPS) is 14.5. The van der Waals surface area contributed by atoms with Gasteiger partial charge in [0, 0.05) is 12.1 Å². The topological polar surface area (TPSA) is 73.6 Å². The van der Waals surface area contributed by atoms with E-state index in [9.17, 15) is 4.79 Å². The van der Waals surface area contributed by atoms with Gasteiger partial charge in [-0.3, -0.25) is 4.79 Å². The summed E-state index contributed by atoms with van der Waals surface area (Å²) in [4.78, 5) is 12.7. The number of ether oxygens (including phenoxy) is 2. The summed E-state index contributed by atoms with van der Waals surface area (Å²) in [5.74, 6) is 1.39. The molecule has 0 saturated carbocycles. The molecule has 3 N–H and O–H groups in total. The highest BCUT2D eigenvalue weighted by atomic mass is 16.6. The Morgan fingerprint density at radius 1 is 1.17 bits per heavy atom. The maximum Gasteiger partial charge on any atom is 0.230 e. The van der Waals surface area contributed by atoms with Crippen LogP contribution < -0.4 is 20.5 Å². The molecule has 1 heterocycles. The van der Waals surface area contributed by atoms with Crippen LogP contribution in [0.3, 0.4) is 0 Å². The van der Waals surface area contributed by atoms with Gasteiger partial charge in [-0.2, -0.15) is 0 Å². The predicted molar refractivity (Wildman–Crippen MR) is 91.0 cm³/mol. The van der Waals surface area contributed by atoms with Crippen LogP contribution in [-0.2, 0) is 10.2 Å². The van der Waals surface area contributed by atoms with Gasteiger partial charge in [0.1, 0.15) is 13.2 Å². The molecular weight excluding hydrogens is 292 g/mol. The molecule has 0 saturated heterocycles. The van der Waals surface area contributed by atoms with Crippen molar-refractivity contribution in [3.63, 3.8) is 0 Å². The van der Waals surface area contributed by atoms with Gasteiger partial charge in [0.05, 0.1) is 5.41 Å². The van der Waals surface area contributed by atoms with Crippen molar-refractivity contribution >= 4 is 5.91 Å². The summed E-state index contributed by atoms with van der Waals surface area (Å²) in [6.07, 6.45) is 1.66. The van der Waals surface area contributed by atoms with Crippen molar-refractivity contribution in [3.8, 4) is 11.5 Å². The quantitative estimate of drug-likeness (QED) is 0.844. The van der Waals surface area contributed by atoms with Crippen LogP contribution in [0.5, 0.6) is 11.5 Å². The van der Waals surface area contributed by atoms with Crippen molar-refractivity contribution in [2.45, 2.75) is 51.5 Å². The zero-order chi connectivity index (χ0) is 17.1. The van der Waals surface area contributed by atoms with E-state index >= 15 is 0 Å². The van der Waals surface area contributed by atoms with Gasteiger partial charge in [0.15, 0.2) is 11.5 Å². The van der Waals surface area contributed by atoms with Gasteiger partial charge < -0.3 is 20.5 Å². The minimum atomic E-state index is -0.668. The molecule has 0 aromatic heterocycles. The minimum absolute atomic E-state index is 0.0362. The smallest absolute Gasteiger partial charge is 0.230 e. The van der Waals surface area contributed by atoms with Gasteiger partial charge >= 0.3 is 0 Å². The third-order valence-corrected chi connectivity index (χ3v) is 4.84. The van der Waals surface area contributed by atoms with Gasteiger partial charge in [-0.15, -0.1) is 0 Å². The first kappa shape index (κ1) is 17.6. The van der Waals surface area contributed by atoms with E-state index < -0.39 is 5.41 Å². The average molecular weight is 320 g/mol. The number of rotatable bonds is 6. The maximum atomic E-state index is 12.7. The van der Waals surface area contributed by atoms with E-state index in [1.54, 1.807) is 0 Å². The van der Waals surface area contributed by atoms with E-state index in [-0.39, 0.29) is 11.4 Å². The molecule has 1 aliphatic heterocycles. The molecule has 0 atom stereocenters. The molecule has 1 aliphatic rings. The lowest BCUT2D eigenvalue weighted by atomic mass is 9.83. The number of amides is 1. The maximum absolute atomic E-state index is 12.7. The van der Waals surface area contributed by atoms with E-state index in [0.29, 0.717) is 25.5 Å². The number of hydrogen-bond acceptors (Lipinski definition) is 4. The summed E-state index contributed by atoms with van der Waals surface area (Å²) in [5, 5.41) is 3.01. The molecule has 1 aromatic carbocycles. The molecule has 5 heteroatoms. The van der Waals surface area contributed by atoms with Gasteiger partial charge in [-0.1, -0.05) is 19.9 Å². The lowest BCUT2D eigenvalue weighted by molar-refractivity contribution is -0.125. The second-order valence-electron chi connectivity index (χ2n) is 6.74. The second-order valence-corrected chi connectivity index (χ2v) is 6.74. The van der Waals surface area contributed by atoms with Gasteiger partial charge in [-0.25, -0.2) is 0 Å². The summed E-state index contributed by atoms with van der Waals surface area (Å²) in [6.45, 7) is 9.47. The number of carbonyl (C=O) groups is 1. The fourth-order valence-electron chi connectivity index (χ4n) is 2.54. The van der Waals surface area contributed by atoms with Crippen molar-refractivity contribution in [3.05, 3.63) is 23.8 Å². The van der Waals surface area contributed by atoms with Crippen LogP contribution in [0.1, 0.15) is 46.1 Å². The molecule has 0 spiro atoms. The first-order valence-corrected chi connectivity index (χ1v) is 8.29. The first-order chi connectivity index (χ1) is 10.8. The van der Waals surface area contributed by atoms with E-state index in [2.05, 4.69) is 5.32 Å². The Kier molecular flexibility index (Phi) is 5.19. The highest BCUT2D eigenvalue weighted by molar-refractivity contribution is 5.87. The van der Waals surface area contributed by atoms with Crippen LogP contribution in [0.15, 0.2) is 18.2 Å². The molecular formula is C18H28N2O3. The van der Waals surface area contributed by atoms with Crippen molar-refractivity contribution in [1.29, 1.82) is 0 Å². The molecule has 23 heavy (non-hydrogen) atoms. The molecule has 0 unspecified atom stereocenters. The van der Waals surface area contributed by atoms with Crippen molar-refractivity contribution in [1.82, 2.24) is 5.32 Å². The summed E-state index contributed by atoms with van der Waals surface area (Å²) in [6, 6.07) is 5.68. The third kappa shape index (κ3) is 3.78. The predicted octanol–water partition coefficient (Wildman–Crippen LogP) is 2.37. The zero-order valence-electron chi connectivity index (χ0n) is 14.6. The number of nitrogens with one attached hydrogen (secondary N) is 1. The SMILES string of the molecule is CCC(N)(CC)CNC(=O)C(C)(C)c1ccc2c(c1)OCCO2. The summed E-state index contributed by atoms with van der Waals surface area (Å²) in [5.41, 5.74) is 6.15. The summed E-state index contributed by atoms with van der Waals surface area (Å²) >= 11 is 0. The molecule has 0 fully saturated rings. The van der Waals surface area contributed by atoms with Gasteiger partial charge in [0.25, 0.3) is 0 Å². The molecule has 0 aliphatic carbocycles. The Morgan fingerprint density at radius 3 is 2.39 bits per heavy atom. The standard InChI is InChI=1S/C18H28N2O3/c1-5-18(19,6-2)12-20-16(21)17(3,4)13-7-8-14-15(11-13)23-10-9-22-14/h7-8,11H,5-6,9-10,12,19H2,1-4H3,(H,20,21). The fraction of sp³-hybridized carbons (Fsp3) is 0.611. The zero-order valence-corrected chi connectivity index (χ0v) is 14.6. The van der Waals surface area contributed by atoms with Crippen LogP contribution in [0.4, 0.5) is 0 Å². The molecule has 2 rings (SSSR count). The van der Waals surface area contributed by atoms with Gasteiger partial charge in [0.2, 0.25) is 5.91 Å². The number of fused-ring (bicyclic) bond motifs is 1. The van der Waals surface area contributed by atoms with E-state index in [1.807, 2.05) is 45.9 Å². The highest BCUT2D eigenvalue weighted by Crippen LogP contribution is 2.35. The van der Waals surface area contributed by atoms with Crippen molar-refractivity contribution in [2.24, 2.45) is 5.73 Å². The van der Waals surface area contributed by atoms with Crippen molar-refractivity contribution in [2.75, 3.05) is 19.8 Å². The lowest BCUT2D eigenvalue weighted by Gasteiger charge is -2.31. The van der Waals surface area contributed by atoms with E-state index in [0.717, 1.165) is 24.2 Å². The van der Waals surface area contributed by atoms with Crippen LogP contribution in [-0.4, -0.2) is 31.2 Å². The van der Waals surface area contributed by atoms with E-state index in [1.165, 1.54) is 0 Å². The minimum Gasteiger partial charge on any atom is -0.486 e. The summed E-state index contributed by atoms with van der Waals surface area (Å²) < 4.78 is 11.1. The highest BCUT2D eigenvalue weighted by Gasteiger charge is 2.32. The van der Waals surface area contributed by atoms with Crippen LogP contribution in [0, 0.1) is 0 Å². The van der Waals surface area contributed by atoms with Crippen LogP contribution in [0.25, 0.3) is 0 Å². The summed E-state index contributed by atoms with van der Waals surface area (Å²) in [7, 11) is 0. The fourth-order valence-corrected chi connectivity index (χ4v) is 2.54.